The lowest BCUT2D eigenvalue weighted by atomic mass is 10.3. The molecular weight excluding hydrogens is 276 g/mol. The molecule has 0 radical (unpaired) electrons. The van der Waals surface area contributed by atoms with E-state index in [1.165, 1.54) is 4.31 Å². The zero-order valence-electron chi connectivity index (χ0n) is 10.0. The molecule has 7 heteroatoms. The highest BCUT2D eigenvalue weighted by Crippen LogP contribution is 2.25. The fraction of sp³-hybridized carbons (Fsp3) is 0.500. The van der Waals surface area contributed by atoms with Crippen LogP contribution in [-0.4, -0.2) is 30.8 Å². The first kappa shape index (κ1) is 14.6. The lowest BCUT2D eigenvalue weighted by Crippen LogP contribution is -2.34. The minimum Gasteiger partial charge on any atom is -0.389 e. The highest BCUT2D eigenvalue weighted by atomic mass is 32.2. The van der Waals surface area contributed by atoms with E-state index in [9.17, 15) is 8.42 Å². The van der Waals surface area contributed by atoms with E-state index in [-0.39, 0.29) is 15.2 Å². The third-order valence-electron chi connectivity index (χ3n) is 2.67. The van der Waals surface area contributed by atoms with Crippen LogP contribution < -0.4 is 5.73 Å². The first-order valence-electron chi connectivity index (χ1n) is 5.18. The molecule has 0 amide bonds. The van der Waals surface area contributed by atoms with Crippen molar-refractivity contribution in [3.63, 3.8) is 0 Å². The topological polar surface area (TPSA) is 63.4 Å². The van der Waals surface area contributed by atoms with E-state index in [4.69, 9.17) is 18.0 Å². The summed E-state index contributed by atoms with van der Waals surface area (Å²) in [6, 6.07) is 3.16. The largest absolute Gasteiger partial charge is 0.389 e. The van der Waals surface area contributed by atoms with E-state index in [1.54, 1.807) is 19.2 Å². The lowest BCUT2D eigenvalue weighted by molar-refractivity contribution is 0.381. The molecule has 1 unspecified atom stereocenters. The van der Waals surface area contributed by atoms with Crippen molar-refractivity contribution in [1.82, 2.24) is 4.31 Å². The van der Waals surface area contributed by atoms with Crippen molar-refractivity contribution in [2.45, 2.75) is 30.5 Å². The first-order valence-corrected chi connectivity index (χ1v) is 7.84. The molecule has 17 heavy (non-hydrogen) atoms. The number of sulfonamides is 1. The summed E-state index contributed by atoms with van der Waals surface area (Å²) in [6.07, 6.45) is 0.767. The second-order valence-electron chi connectivity index (χ2n) is 3.76. The number of hydrogen-bond donors (Lipinski definition) is 1. The van der Waals surface area contributed by atoms with Gasteiger partial charge in [0.1, 0.15) is 9.20 Å². The summed E-state index contributed by atoms with van der Waals surface area (Å²) < 4.78 is 26.1. The molecule has 0 aliphatic carbocycles. The van der Waals surface area contributed by atoms with Gasteiger partial charge in [-0.3, -0.25) is 0 Å². The van der Waals surface area contributed by atoms with E-state index in [1.807, 2.05) is 13.8 Å². The molecule has 0 aromatic carbocycles. The Labute approximate surface area is 111 Å². The molecule has 0 saturated heterocycles. The number of thiocarbonyl (C=S) groups is 1. The van der Waals surface area contributed by atoms with Crippen LogP contribution in [0.15, 0.2) is 16.3 Å². The van der Waals surface area contributed by atoms with Crippen molar-refractivity contribution in [1.29, 1.82) is 0 Å². The van der Waals surface area contributed by atoms with Crippen LogP contribution in [0.1, 0.15) is 25.1 Å². The van der Waals surface area contributed by atoms with Crippen molar-refractivity contribution >= 4 is 38.6 Å². The molecule has 4 nitrogen and oxygen atoms in total. The Morgan fingerprint density at radius 3 is 2.59 bits per heavy atom. The molecule has 2 N–H and O–H groups in total. The average Bonchev–Trinajstić information content (AvgIpc) is 2.76. The Hall–Kier alpha value is -0.500. The molecule has 0 fully saturated rings. The predicted molar refractivity (Wildman–Crippen MR) is 74.9 cm³/mol. The highest BCUT2D eigenvalue weighted by Gasteiger charge is 2.26. The number of hydrogen-bond acceptors (Lipinski definition) is 4. The van der Waals surface area contributed by atoms with E-state index in [0.29, 0.717) is 4.88 Å². The van der Waals surface area contributed by atoms with Crippen molar-refractivity contribution in [2.24, 2.45) is 5.73 Å². The summed E-state index contributed by atoms with van der Waals surface area (Å²) in [5, 5.41) is 0. The van der Waals surface area contributed by atoms with Crippen LogP contribution in [-0.2, 0) is 10.0 Å². The first-order chi connectivity index (χ1) is 7.80. The van der Waals surface area contributed by atoms with Crippen molar-refractivity contribution < 1.29 is 8.42 Å². The Morgan fingerprint density at radius 2 is 2.18 bits per heavy atom. The quantitative estimate of drug-likeness (QED) is 0.841. The van der Waals surface area contributed by atoms with E-state index >= 15 is 0 Å². The van der Waals surface area contributed by atoms with E-state index < -0.39 is 10.0 Å². The van der Waals surface area contributed by atoms with Gasteiger partial charge in [0.15, 0.2) is 0 Å². The maximum absolute atomic E-state index is 12.2. The molecular formula is C10H16N2O2S3. The van der Waals surface area contributed by atoms with Gasteiger partial charge < -0.3 is 5.73 Å². The summed E-state index contributed by atoms with van der Waals surface area (Å²) in [4.78, 5) is 0.846. The van der Waals surface area contributed by atoms with Gasteiger partial charge in [-0.1, -0.05) is 19.1 Å². The number of rotatable bonds is 5. The number of thiophene rings is 1. The van der Waals surface area contributed by atoms with Gasteiger partial charge in [0, 0.05) is 13.1 Å². The highest BCUT2D eigenvalue weighted by molar-refractivity contribution is 7.91. The van der Waals surface area contributed by atoms with Crippen LogP contribution in [0.5, 0.6) is 0 Å². The van der Waals surface area contributed by atoms with Crippen LogP contribution in [0.3, 0.4) is 0 Å². The van der Waals surface area contributed by atoms with Crippen molar-refractivity contribution in [3.05, 3.63) is 17.0 Å². The molecule has 1 atom stereocenters. The van der Waals surface area contributed by atoms with Gasteiger partial charge in [0.25, 0.3) is 10.0 Å². The second kappa shape index (κ2) is 5.43. The minimum atomic E-state index is -3.43. The Morgan fingerprint density at radius 1 is 1.59 bits per heavy atom. The molecule has 0 saturated carbocycles. The van der Waals surface area contributed by atoms with Gasteiger partial charge in [-0.05, 0) is 25.5 Å². The van der Waals surface area contributed by atoms with Crippen LogP contribution in [0.4, 0.5) is 0 Å². The Kier molecular flexibility index (Phi) is 4.65. The molecule has 1 aromatic heterocycles. The van der Waals surface area contributed by atoms with Crippen LogP contribution >= 0.6 is 23.6 Å². The van der Waals surface area contributed by atoms with Gasteiger partial charge in [0.05, 0.1) is 4.88 Å². The monoisotopic (exact) mass is 292 g/mol. The zero-order chi connectivity index (χ0) is 13.2. The van der Waals surface area contributed by atoms with Crippen LogP contribution in [0.25, 0.3) is 0 Å². The summed E-state index contributed by atoms with van der Waals surface area (Å²) in [5.74, 6) is 0. The SMILES string of the molecule is CCC(C)N(C)S(=O)(=O)c1ccc(C(N)=S)s1. The molecule has 0 aliphatic heterocycles. The van der Waals surface area contributed by atoms with E-state index in [2.05, 4.69) is 0 Å². The molecule has 0 bridgehead atoms. The second-order valence-corrected chi connectivity index (χ2v) is 7.51. The summed E-state index contributed by atoms with van der Waals surface area (Å²) >= 11 is 5.93. The zero-order valence-corrected chi connectivity index (χ0v) is 12.5. The molecule has 0 aliphatic rings. The molecule has 0 spiro atoms. The standard InChI is InChI=1S/C10H16N2O2S3/c1-4-7(2)12(3)17(13,14)9-6-5-8(16-9)10(11)15/h5-7H,4H2,1-3H3,(H2,11,15). The Bertz CT molecular complexity index is 507. The van der Waals surface area contributed by atoms with Gasteiger partial charge in [-0.15, -0.1) is 11.3 Å². The number of nitrogens with two attached hydrogens (primary N) is 1. The smallest absolute Gasteiger partial charge is 0.252 e. The molecule has 1 rings (SSSR count). The van der Waals surface area contributed by atoms with Crippen molar-refractivity contribution in [2.75, 3.05) is 7.05 Å². The predicted octanol–water partition coefficient (Wildman–Crippen LogP) is 1.80. The third kappa shape index (κ3) is 3.04. The minimum absolute atomic E-state index is 0.0321. The summed E-state index contributed by atoms with van der Waals surface area (Å²) in [5.41, 5.74) is 5.47. The maximum atomic E-state index is 12.2. The number of nitrogens with zero attached hydrogens (tertiary/aromatic N) is 1. The lowest BCUT2D eigenvalue weighted by Gasteiger charge is -2.22. The van der Waals surface area contributed by atoms with Crippen LogP contribution in [0.2, 0.25) is 0 Å². The maximum Gasteiger partial charge on any atom is 0.252 e. The van der Waals surface area contributed by atoms with Crippen LogP contribution in [0, 0.1) is 0 Å². The van der Waals surface area contributed by atoms with Gasteiger partial charge in [-0.25, -0.2) is 8.42 Å². The summed E-state index contributed by atoms with van der Waals surface area (Å²) in [7, 11) is -1.84. The summed E-state index contributed by atoms with van der Waals surface area (Å²) in [6.45, 7) is 3.82. The molecule has 96 valence electrons. The Balaban J connectivity index is 3.09. The van der Waals surface area contributed by atoms with Gasteiger partial charge >= 0.3 is 0 Å². The normalized spacial score (nSPS) is 13.9. The fourth-order valence-electron chi connectivity index (χ4n) is 1.23. The van der Waals surface area contributed by atoms with Crippen molar-refractivity contribution in [3.8, 4) is 0 Å². The van der Waals surface area contributed by atoms with Gasteiger partial charge in [-0.2, -0.15) is 4.31 Å². The third-order valence-corrected chi connectivity index (χ3v) is 6.58. The fourth-order valence-corrected chi connectivity index (χ4v) is 4.20. The van der Waals surface area contributed by atoms with E-state index in [0.717, 1.165) is 17.8 Å². The average molecular weight is 292 g/mol. The van der Waals surface area contributed by atoms with Gasteiger partial charge in [0.2, 0.25) is 0 Å². The molecule has 1 heterocycles. The molecule has 1 aromatic rings.